The summed E-state index contributed by atoms with van der Waals surface area (Å²) in [6, 6.07) is 0.269. The van der Waals surface area contributed by atoms with Gasteiger partial charge in [0.2, 0.25) is 0 Å². The molecule has 3 unspecified atom stereocenters. The number of carbonyl (C=O) groups excluding carboxylic acids is 1. The summed E-state index contributed by atoms with van der Waals surface area (Å²) in [5.41, 5.74) is 11.6. The third-order valence-corrected chi connectivity index (χ3v) is 5.59. The first-order valence-corrected chi connectivity index (χ1v) is 7.66. The maximum atomic E-state index is 11.5. The standard InChI is InChI=1S/C12H16N6OS/c13-9(19)7-10-16-6(5-2-1-3-5)8-11(17-12(14)20-8)18(10)4-15-7/h4-6,8,11,16H,1-3H2,(H2,13,19)(H2,14,17). The van der Waals surface area contributed by atoms with Crippen molar-refractivity contribution in [3.05, 3.63) is 12.0 Å². The molecular formula is C12H16N6OS. The van der Waals surface area contributed by atoms with Gasteiger partial charge in [0.1, 0.15) is 12.0 Å². The molecule has 2 aliphatic heterocycles. The van der Waals surface area contributed by atoms with Crippen LogP contribution in [0.2, 0.25) is 0 Å². The first kappa shape index (κ1) is 12.1. The van der Waals surface area contributed by atoms with E-state index < -0.39 is 5.91 Å². The predicted molar refractivity (Wildman–Crippen MR) is 77.5 cm³/mol. The van der Waals surface area contributed by atoms with Crippen LogP contribution in [0.3, 0.4) is 0 Å². The Balaban J connectivity index is 1.78. The Kier molecular flexibility index (Phi) is 2.50. The molecule has 0 spiro atoms. The van der Waals surface area contributed by atoms with Crippen LogP contribution < -0.4 is 16.8 Å². The van der Waals surface area contributed by atoms with Gasteiger partial charge in [-0.3, -0.25) is 9.36 Å². The highest BCUT2D eigenvalue weighted by Crippen LogP contribution is 2.47. The van der Waals surface area contributed by atoms with E-state index in [1.807, 2.05) is 4.57 Å². The van der Waals surface area contributed by atoms with E-state index in [2.05, 4.69) is 15.3 Å². The Morgan fingerprint density at radius 3 is 2.95 bits per heavy atom. The van der Waals surface area contributed by atoms with Crippen LogP contribution in [-0.2, 0) is 0 Å². The maximum absolute atomic E-state index is 11.5. The minimum absolute atomic E-state index is 0.0811. The molecule has 3 aliphatic rings. The molecule has 1 aromatic heterocycles. The molecule has 3 atom stereocenters. The van der Waals surface area contributed by atoms with Crippen molar-refractivity contribution in [2.45, 2.75) is 36.7 Å². The van der Waals surface area contributed by atoms with Crippen LogP contribution in [0.15, 0.2) is 11.3 Å². The Hall–Kier alpha value is -1.70. The number of anilines is 1. The Morgan fingerprint density at radius 1 is 1.50 bits per heavy atom. The summed E-state index contributed by atoms with van der Waals surface area (Å²) >= 11 is 1.62. The summed E-state index contributed by atoms with van der Waals surface area (Å²) in [4.78, 5) is 20.1. The van der Waals surface area contributed by atoms with Crippen LogP contribution >= 0.6 is 11.8 Å². The van der Waals surface area contributed by atoms with Crippen LogP contribution in [0.4, 0.5) is 5.82 Å². The smallest absolute Gasteiger partial charge is 0.271 e. The molecule has 1 aliphatic carbocycles. The molecule has 8 heteroatoms. The van der Waals surface area contributed by atoms with E-state index in [0.717, 1.165) is 0 Å². The fourth-order valence-corrected chi connectivity index (χ4v) is 4.42. The number of imidazole rings is 1. The number of nitrogens with two attached hydrogens (primary N) is 2. The third-order valence-electron chi connectivity index (χ3n) is 4.44. The summed E-state index contributed by atoms with van der Waals surface area (Å²) in [5, 5.41) is 4.34. The molecule has 0 radical (unpaired) electrons. The highest BCUT2D eigenvalue weighted by atomic mass is 32.2. The topological polar surface area (TPSA) is 111 Å². The number of hydrogen-bond acceptors (Lipinski definition) is 6. The zero-order valence-electron chi connectivity index (χ0n) is 10.8. The van der Waals surface area contributed by atoms with Crippen molar-refractivity contribution in [3.63, 3.8) is 0 Å². The number of nitrogens with zero attached hydrogens (tertiary/aromatic N) is 3. The third kappa shape index (κ3) is 1.57. The number of primary amides is 1. The van der Waals surface area contributed by atoms with Gasteiger partial charge in [0.25, 0.3) is 5.91 Å². The quantitative estimate of drug-likeness (QED) is 0.735. The first-order chi connectivity index (χ1) is 9.65. The van der Waals surface area contributed by atoms with Gasteiger partial charge in [0.15, 0.2) is 10.9 Å². The molecule has 3 heterocycles. The zero-order valence-corrected chi connectivity index (χ0v) is 11.6. The Bertz CT molecular complexity index is 607. The van der Waals surface area contributed by atoms with E-state index in [0.29, 0.717) is 22.6 Å². The minimum atomic E-state index is -0.514. The molecule has 7 nitrogen and oxygen atoms in total. The molecule has 1 amide bonds. The lowest BCUT2D eigenvalue weighted by molar-refractivity contribution is 0.0996. The van der Waals surface area contributed by atoms with Gasteiger partial charge in [-0.05, 0) is 18.8 Å². The van der Waals surface area contributed by atoms with E-state index in [1.165, 1.54) is 19.3 Å². The first-order valence-electron chi connectivity index (χ1n) is 6.78. The number of thioether (sulfide) groups is 1. The molecule has 5 N–H and O–H groups in total. The number of amidine groups is 1. The molecule has 20 heavy (non-hydrogen) atoms. The van der Waals surface area contributed by atoms with Crippen molar-refractivity contribution in [1.29, 1.82) is 0 Å². The molecule has 4 rings (SSSR count). The van der Waals surface area contributed by atoms with Crippen LogP contribution in [0.25, 0.3) is 0 Å². The van der Waals surface area contributed by atoms with Crippen molar-refractivity contribution in [2.24, 2.45) is 22.4 Å². The van der Waals surface area contributed by atoms with E-state index in [4.69, 9.17) is 11.5 Å². The second-order valence-corrected chi connectivity index (χ2v) is 6.74. The SMILES string of the molecule is NC(=O)c1ncn2c1NC(C1CCC1)C1SC(N)=NC12. The van der Waals surface area contributed by atoms with Gasteiger partial charge in [-0.15, -0.1) is 0 Å². The van der Waals surface area contributed by atoms with Gasteiger partial charge >= 0.3 is 0 Å². The summed E-state index contributed by atoms with van der Waals surface area (Å²) in [6.45, 7) is 0. The molecular weight excluding hydrogens is 276 g/mol. The number of fused-ring (bicyclic) bond motifs is 3. The summed E-state index contributed by atoms with van der Waals surface area (Å²) < 4.78 is 1.88. The summed E-state index contributed by atoms with van der Waals surface area (Å²) in [6.07, 6.45) is 5.23. The fourth-order valence-electron chi connectivity index (χ4n) is 3.22. The van der Waals surface area contributed by atoms with Crippen molar-refractivity contribution in [1.82, 2.24) is 9.55 Å². The average Bonchev–Trinajstić information content (AvgIpc) is 2.88. The molecule has 0 bridgehead atoms. The van der Waals surface area contributed by atoms with Gasteiger partial charge in [0.05, 0.1) is 11.6 Å². The highest BCUT2D eigenvalue weighted by Gasteiger charge is 2.46. The lowest BCUT2D eigenvalue weighted by atomic mass is 9.77. The molecule has 1 fully saturated rings. The Labute approximate surface area is 120 Å². The van der Waals surface area contributed by atoms with Gasteiger partial charge in [-0.25, -0.2) is 9.98 Å². The van der Waals surface area contributed by atoms with E-state index in [9.17, 15) is 4.79 Å². The van der Waals surface area contributed by atoms with Gasteiger partial charge < -0.3 is 16.8 Å². The second kappa shape index (κ2) is 4.15. The molecule has 0 saturated heterocycles. The predicted octanol–water partition coefficient (Wildman–Crippen LogP) is 0.505. The molecule has 1 aromatic rings. The highest BCUT2D eigenvalue weighted by molar-refractivity contribution is 8.14. The minimum Gasteiger partial charge on any atom is -0.378 e. The summed E-state index contributed by atoms with van der Waals surface area (Å²) in [7, 11) is 0. The monoisotopic (exact) mass is 292 g/mol. The lowest BCUT2D eigenvalue weighted by Gasteiger charge is -2.42. The number of rotatable bonds is 2. The summed E-state index contributed by atoms with van der Waals surface area (Å²) in [5.74, 6) is 0.787. The van der Waals surface area contributed by atoms with Crippen LogP contribution in [0.5, 0.6) is 0 Å². The number of nitrogens with one attached hydrogen (secondary N) is 1. The van der Waals surface area contributed by atoms with Crippen LogP contribution in [-0.4, -0.2) is 31.9 Å². The molecule has 0 aromatic carbocycles. The molecule has 1 saturated carbocycles. The van der Waals surface area contributed by atoms with Crippen molar-refractivity contribution < 1.29 is 4.79 Å². The van der Waals surface area contributed by atoms with E-state index in [-0.39, 0.29) is 17.5 Å². The molecule has 106 valence electrons. The number of amides is 1. The van der Waals surface area contributed by atoms with E-state index in [1.54, 1.807) is 18.1 Å². The zero-order chi connectivity index (χ0) is 13.9. The van der Waals surface area contributed by atoms with Gasteiger partial charge in [0, 0.05) is 6.04 Å². The van der Waals surface area contributed by atoms with Crippen LogP contribution in [0, 0.1) is 5.92 Å². The largest absolute Gasteiger partial charge is 0.378 e. The number of aliphatic imine (C=N–C) groups is 1. The maximum Gasteiger partial charge on any atom is 0.271 e. The van der Waals surface area contributed by atoms with Crippen molar-refractivity contribution >= 4 is 28.7 Å². The fraction of sp³-hybridized carbons (Fsp3) is 0.583. The van der Waals surface area contributed by atoms with Crippen molar-refractivity contribution in [3.8, 4) is 0 Å². The van der Waals surface area contributed by atoms with Gasteiger partial charge in [-0.1, -0.05) is 18.2 Å². The number of hydrogen-bond donors (Lipinski definition) is 3. The van der Waals surface area contributed by atoms with E-state index >= 15 is 0 Å². The number of aromatic nitrogens is 2. The second-order valence-electron chi connectivity index (χ2n) is 5.54. The lowest BCUT2D eigenvalue weighted by Crippen LogP contribution is -2.48. The van der Waals surface area contributed by atoms with Gasteiger partial charge in [-0.2, -0.15) is 0 Å². The number of carbonyl (C=O) groups is 1. The Morgan fingerprint density at radius 2 is 2.30 bits per heavy atom. The van der Waals surface area contributed by atoms with Crippen LogP contribution in [0.1, 0.15) is 35.9 Å². The average molecular weight is 292 g/mol. The normalized spacial score (nSPS) is 31.8. The van der Waals surface area contributed by atoms with Crippen molar-refractivity contribution in [2.75, 3.05) is 5.32 Å².